The monoisotopic (exact) mass is 271 g/mol. The molecule has 1 atom stereocenters. The molecule has 1 heterocycles. The lowest BCUT2D eigenvalue weighted by Crippen LogP contribution is -2.26. The number of ether oxygens (including phenoxy) is 2. The maximum Gasteiger partial charge on any atom is 0.225 e. The zero-order valence-corrected chi connectivity index (χ0v) is 10.7. The summed E-state index contributed by atoms with van der Waals surface area (Å²) in [4.78, 5) is 0. The predicted molar refractivity (Wildman–Crippen MR) is 62.1 cm³/mol. The molecule has 1 aliphatic heterocycles. The van der Waals surface area contributed by atoms with Crippen LogP contribution >= 0.6 is 11.6 Å². The SMILES string of the molecule is O=S(=O)(CCl)NCCCOCC1CCCO1. The van der Waals surface area contributed by atoms with Crippen LogP contribution in [0.3, 0.4) is 0 Å². The molecule has 1 fully saturated rings. The standard InChI is InChI=1S/C9H18ClNO4S/c10-8-16(12,13)11-4-2-5-14-7-9-3-1-6-15-9/h9,11H,1-8H2. The van der Waals surface area contributed by atoms with Gasteiger partial charge in [0.1, 0.15) is 5.21 Å². The van der Waals surface area contributed by atoms with Crippen molar-refractivity contribution in [1.29, 1.82) is 0 Å². The van der Waals surface area contributed by atoms with Crippen molar-refractivity contribution in [3.8, 4) is 0 Å². The molecule has 0 saturated carbocycles. The number of alkyl halides is 1. The van der Waals surface area contributed by atoms with E-state index in [9.17, 15) is 8.42 Å². The van der Waals surface area contributed by atoms with Gasteiger partial charge >= 0.3 is 0 Å². The van der Waals surface area contributed by atoms with Gasteiger partial charge in [0.15, 0.2) is 0 Å². The molecule has 0 aromatic heterocycles. The average molecular weight is 272 g/mol. The van der Waals surface area contributed by atoms with Gasteiger partial charge in [-0.1, -0.05) is 0 Å². The zero-order chi connectivity index (χ0) is 11.9. The molecule has 1 saturated heterocycles. The van der Waals surface area contributed by atoms with Crippen molar-refractivity contribution < 1.29 is 17.9 Å². The second kappa shape index (κ2) is 7.45. The van der Waals surface area contributed by atoms with Crippen molar-refractivity contribution in [3.63, 3.8) is 0 Å². The van der Waals surface area contributed by atoms with Gasteiger partial charge in [0, 0.05) is 19.8 Å². The maximum atomic E-state index is 10.9. The first-order valence-corrected chi connectivity index (χ1v) is 7.55. The Bertz CT molecular complexity index is 277. The molecule has 0 amide bonds. The van der Waals surface area contributed by atoms with Crippen molar-refractivity contribution in [2.45, 2.75) is 25.4 Å². The summed E-state index contributed by atoms with van der Waals surface area (Å²) < 4.78 is 35.0. The van der Waals surface area contributed by atoms with Gasteiger partial charge in [-0.3, -0.25) is 0 Å². The Labute approximate surface area is 101 Å². The Balaban J connectivity index is 1.92. The highest BCUT2D eigenvalue weighted by atomic mass is 35.5. The third-order valence-corrected chi connectivity index (χ3v) is 4.05. The Kier molecular flexibility index (Phi) is 6.60. The summed E-state index contributed by atoms with van der Waals surface area (Å²) in [5, 5.41) is -0.399. The van der Waals surface area contributed by atoms with E-state index >= 15 is 0 Å². The minimum absolute atomic E-state index is 0.222. The molecule has 1 aliphatic rings. The summed E-state index contributed by atoms with van der Waals surface area (Å²) >= 11 is 5.22. The zero-order valence-electron chi connectivity index (χ0n) is 9.15. The maximum absolute atomic E-state index is 10.9. The van der Waals surface area contributed by atoms with E-state index < -0.39 is 15.2 Å². The van der Waals surface area contributed by atoms with Crippen LogP contribution < -0.4 is 4.72 Å². The summed E-state index contributed by atoms with van der Waals surface area (Å²) in [5.74, 6) is 0. The topological polar surface area (TPSA) is 64.6 Å². The molecule has 0 aromatic carbocycles. The van der Waals surface area contributed by atoms with Crippen molar-refractivity contribution in [1.82, 2.24) is 4.72 Å². The van der Waals surface area contributed by atoms with Gasteiger partial charge in [0.25, 0.3) is 0 Å². The fourth-order valence-corrected chi connectivity index (χ4v) is 2.19. The molecule has 0 radical (unpaired) electrons. The van der Waals surface area contributed by atoms with Gasteiger partial charge in [0.2, 0.25) is 10.0 Å². The third-order valence-electron chi connectivity index (χ3n) is 2.26. The summed E-state index contributed by atoms with van der Waals surface area (Å²) in [5.41, 5.74) is 0. The number of rotatable bonds is 8. The highest BCUT2D eigenvalue weighted by Crippen LogP contribution is 2.11. The van der Waals surface area contributed by atoms with Crippen LogP contribution in [0.1, 0.15) is 19.3 Å². The van der Waals surface area contributed by atoms with E-state index in [4.69, 9.17) is 21.1 Å². The summed E-state index contributed by atoms with van der Waals surface area (Å²) in [6.07, 6.45) is 3.02. The molecular formula is C9H18ClNO4S. The van der Waals surface area contributed by atoms with Crippen LogP contribution in [0.2, 0.25) is 0 Å². The van der Waals surface area contributed by atoms with Gasteiger partial charge in [0.05, 0.1) is 12.7 Å². The molecule has 0 aromatic rings. The Morgan fingerprint density at radius 1 is 1.50 bits per heavy atom. The number of sulfonamides is 1. The summed E-state index contributed by atoms with van der Waals surface area (Å²) in [6.45, 7) is 2.32. The number of nitrogens with one attached hydrogen (secondary N) is 1. The first-order valence-electron chi connectivity index (χ1n) is 5.37. The number of hydrogen-bond acceptors (Lipinski definition) is 4. The minimum Gasteiger partial charge on any atom is -0.379 e. The van der Waals surface area contributed by atoms with Gasteiger partial charge < -0.3 is 9.47 Å². The highest BCUT2D eigenvalue weighted by Gasteiger charge is 2.15. The quantitative estimate of drug-likeness (QED) is 0.521. The minimum atomic E-state index is -3.29. The lowest BCUT2D eigenvalue weighted by atomic mass is 10.2. The Morgan fingerprint density at radius 3 is 2.94 bits per heavy atom. The Morgan fingerprint density at radius 2 is 2.31 bits per heavy atom. The second-order valence-corrected chi connectivity index (χ2v) is 6.07. The van der Waals surface area contributed by atoms with E-state index in [0.717, 1.165) is 19.4 Å². The fraction of sp³-hybridized carbons (Fsp3) is 1.00. The molecule has 0 aliphatic carbocycles. The predicted octanol–water partition coefficient (Wildman–Crippen LogP) is 0.688. The van der Waals surface area contributed by atoms with Crippen LogP contribution in [-0.4, -0.2) is 46.1 Å². The van der Waals surface area contributed by atoms with Crippen molar-refractivity contribution >= 4 is 21.6 Å². The first kappa shape index (κ1) is 14.2. The van der Waals surface area contributed by atoms with Crippen LogP contribution in [0.25, 0.3) is 0 Å². The van der Waals surface area contributed by atoms with Crippen LogP contribution in [-0.2, 0) is 19.5 Å². The van der Waals surface area contributed by atoms with Gasteiger partial charge in [-0.25, -0.2) is 13.1 Å². The van der Waals surface area contributed by atoms with E-state index in [1.807, 2.05) is 0 Å². The summed E-state index contributed by atoms with van der Waals surface area (Å²) in [7, 11) is -3.29. The van der Waals surface area contributed by atoms with Crippen molar-refractivity contribution in [3.05, 3.63) is 0 Å². The van der Waals surface area contributed by atoms with E-state index in [2.05, 4.69) is 4.72 Å². The number of halogens is 1. The fourth-order valence-electron chi connectivity index (χ4n) is 1.43. The molecule has 1 unspecified atom stereocenters. The Hall–Kier alpha value is 0.120. The molecular weight excluding hydrogens is 254 g/mol. The molecule has 5 nitrogen and oxygen atoms in total. The van der Waals surface area contributed by atoms with E-state index in [1.54, 1.807) is 0 Å². The van der Waals surface area contributed by atoms with Gasteiger partial charge in [-0.05, 0) is 19.3 Å². The smallest absolute Gasteiger partial charge is 0.225 e. The normalized spacial score (nSPS) is 21.4. The molecule has 1 rings (SSSR count). The van der Waals surface area contributed by atoms with Crippen molar-refractivity contribution in [2.24, 2.45) is 0 Å². The van der Waals surface area contributed by atoms with Crippen LogP contribution in [0.15, 0.2) is 0 Å². The van der Waals surface area contributed by atoms with Crippen molar-refractivity contribution in [2.75, 3.05) is 31.6 Å². The van der Waals surface area contributed by atoms with Crippen LogP contribution in [0.5, 0.6) is 0 Å². The molecule has 96 valence electrons. The lowest BCUT2D eigenvalue weighted by Gasteiger charge is -2.10. The lowest BCUT2D eigenvalue weighted by molar-refractivity contribution is 0.0169. The molecule has 0 bridgehead atoms. The van der Waals surface area contributed by atoms with E-state index in [1.165, 1.54) is 0 Å². The molecule has 16 heavy (non-hydrogen) atoms. The average Bonchev–Trinajstić information content (AvgIpc) is 2.76. The summed E-state index contributed by atoms with van der Waals surface area (Å²) in [6, 6.07) is 0. The van der Waals surface area contributed by atoms with E-state index in [0.29, 0.717) is 26.2 Å². The third kappa shape index (κ3) is 6.00. The van der Waals surface area contributed by atoms with Crippen LogP contribution in [0, 0.1) is 0 Å². The van der Waals surface area contributed by atoms with E-state index in [-0.39, 0.29) is 6.10 Å². The number of hydrogen-bond donors (Lipinski definition) is 1. The highest BCUT2D eigenvalue weighted by molar-refractivity contribution is 7.90. The van der Waals surface area contributed by atoms with Gasteiger partial charge in [-0.15, -0.1) is 11.6 Å². The molecule has 7 heteroatoms. The second-order valence-electron chi connectivity index (χ2n) is 3.68. The van der Waals surface area contributed by atoms with Gasteiger partial charge in [-0.2, -0.15) is 0 Å². The van der Waals surface area contributed by atoms with Crippen LogP contribution in [0.4, 0.5) is 0 Å². The first-order chi connectivity index (χ1) is 7.64. The molecule has 1 N–H and O–H groups in total. The largest absolute Gasteiger partial charge is 0.379 e. The molecule has 0 spiro atoms.